The second-order valence-electron chi connectivity index (χ2n) is 4.63. The lowest BCUT2D eigenvalue weighted by Gasteiger charge is -2.09. The van der Waals surface area contributed by atoms with E-state index in [9.17, 15) is 4.79 Å². The fourth-order valence-electron chi connectivity index (χ4n) is 2.18. The molecular formula is C16H24O2. The van der Waals surface area contributed by atoms with Crippen molar-refractivity contribution in [1.29, 1.82) is 0 Å². The Morgan fingerprint density at radius 2 is 1.94 bits per heavy atom. The molecule has 1 rings (SSSR count). The summed E-state index contributed by atoms with van der Waals surface area (Å²) in [6, 6.07) is 6.23. The Morgan fingerprint density at radius 3 is 2.56 bits per heavy atom. The van der Waals surface area contributed by atoms with Crippen LogP contribution in [0.25, 0.3) is 0 Å². The molecule has 1 aromatic carbocycles. The fraction of sp³-hybridized carbons (Fsp3) is 0.562. The average Bonchev–Trinajstić information content (AvgIpc) is 2.39. The zero-order chi connectivity index (χ0) is 13.4. The van der Waals surface area contributed by atoms with Gasteiger partial charge in [-0.1, -0.05) is 19.9 Å². The number of rotatable bonds is 8. The molecule has 0 heterocycles. The maximum absolute atomic E-state index is 11.5. The maximum Gasteiger partial charge on any atom is 0.132 e. The van der Waals surface area contributed by atoms with Crippen LogP contribution in [0.4, 0.5) is 0 Å². The predicted octanol–water partition coefficient (Wildman–Crippen LogP) is 3.95. The smallest absolute Gasteiger partial charge is 0.132 e. The zero-order valence-corrected chi connectivity index (χ0v) is 11.8. The summed E-state index contributed by atoms with van der Waals surface area (Å²) >= 11 is 0. The molecule has 0 aliphatic rings. The van der Waals surface area contributed by atoms with Gasteiger partial charge in [-0.2, -0.15) is 0 Å². The van der Waals surface area contributed by atoms with Gasteiger partial charge in [-0.05, 0) is 48.9 Å². The lowest BCUT2D eigenvalue weighted by molar-refractivity contribution is -0.119. The highest BCUT2D eigenvalue weighted by Gasteiger charge is 2.05. The summed E-state index contributed by atoms with van der Waals surface area (Å²) in [5.74, 6) is 1.31. The van der Waals surface area contributed by atoms with Gasteiger partial charge < -0.3 is 4.74 Å². The monoisotopic (exact) mass is 248 g/mol. The van der Waals surface area contributed by atoms with Crippen LogP contribution in [-0.2, 0) is 17.6 Å². The minimum atomic E-state index is 0.393. The number of aryl methyl sites for hydroxylation is 2. The highest BCUT2D eigenvalue weighted by molar-refractivity contribution is 5.78. The zero-order valence-electron chi connectivity index (χ0n) is 11.8. The fourth-order valence-corrected chi connectivity index (χ4v) is 2.18. The first-order valence-corrected chi connectivity index (χ1v) is 6.88. The van der Waals surface area contributed by atoms with Gasteiger partial charge in [0.2, 0.25) is 0 Å². The average molecular weight is 248 g/mol. The second-order valence-corrected chi connectivity index (χ2v) is 4.63. The number of hydrogen-bond acceptors (Lipinski definition) is 2. The molecule has 0 aromatic heterocycles. The minimum absolute atomic E-state index is 0.393. The molecule has 1 aromatic rings. The standard InChI is InChI=1S/C16H24O2/c1-4-7-15(17)9-6-8-14-10-11-16(18-3)12-13(14)5-2/h10-12H,4-9H2,1-3H3. The van der Waals surface area contributed by atoms with Crippen molar-refractivity contribution in [2.75, 3.05) is 7.11 Å². The highest BCUT2D eigenvalue weighted by atomic mass is 16.5. The summed E-state index contributed by atoms with van der Waals surface area (Å²) in [7, 11) is 1.69. The summed E-state index contributed by atoms with van der Waals surface area (Å²) in [6.45, 7) is 4.21. The summed E-state index contributed by atoms with van der Waals surface area (Å²) in [5.41, 5.74) is 2.68. The van der Waals surface area contributed by atoms with E-state index >= 15 is 0 Å². The Labute approximate surface area is 110 Å². The van der Waals surface area contributed by atoms with Crippen LogP contribution >= 0.6 is 0 Å². The van der Waals surface area contributed by atoms with Gasteiger partial charge in [0.25, 0.3) is 0 Å². The van der Waals surface area contributed by atoms with Crippen molar-refractivity contribution in [2.45, 2.75) is 52.4 Å². The maximum atomic E-state index is 11.5. The topological polar surface area (TPSA) is 26.3 Å². The molecule has 0 aliphatic carbocycles. The summed E-state index contributed by atoms with van der Waals surface area (Å²) in [5, 5.41) is 0. The van der Waals surface area contributed by atoms with Gasteiger partial charge in [-0.15, -0.1) is 0 Å². The van der Waals surface area contributed by atoms with Crippen LogP contribution in [-0.4, -0.2) is 12.9 Å². The molecule has 0 unspecified atom stereocenters. The van der Waals surface area contributed by atoms with E-state index in [0.29, 0.717) is 12.2 Å². The number of hydrogen-bond donors (Lipinski definition) is 0. The van der Waals surface area contributed by atoms with Crippen LogP contribution in [0.3, 0.4) is 0 Å². The number of benzene rings is 1. The highest BCUT2D eigenvalue weighted by Crippen LogP contribution is 2.20. The Bertz CT molecular complexity index is 383. The van der Waals surface area contributed by atoms with Crippen molar-refractivity contribution in [3.8, 4) is 5.75 Å². The SMILES string of the molecule is CCCC(=O)CCCc1ccc(OC)cc1CC. The van der Waals surface area contributed by atoms with Gasteiger partial charge in [0.1, 0.15) is 11.5 Å². The number of methoxy groups -OCH3 is 1. The Morgan fingerprint density at radius 1 is 1.17 bits per heavy atom. The molecule has 0 N–H and O–H groups in total. The van der Waals surface area contributed by atoms with Crippen molar-refractivity contribution in [3.63, 3.8) is 0 Å². The minimum Gasteiger partial charge on any atom is -0.497 e. The van der Waals surface area contributed by atoms with Crippen LogP contribution in [0.15, 0.2) is 18.2 Å². The first kappa shape index (κ1) is 14.7. The van der Waals surface area contributed by atoms with E-state index in [-0.39, 0.29) is 0 Å². The third-order valence-corrected chi connectivity index (χ3v) is 3.22. The molecule has 0 bridgehead atoms. The van der Waals surface area contributed by atoms with Gasteiger partial charge in [-0.25, -0.2) is 0 Å². The molecular weight excluding hydrogens is 224 g/mol. The van der Waals surface area contributed by atoms with Crippen molar-refractivity contribution in [1.82, 2.24) is 0 Å². The van der Waals surface area contributed by atoms with Gasteiger partial charge in [0.05, 0.1) is 7.11 Å². The first-order valence-electron chi connectivity index (χ1n) is 6.88. The van der Waals surface area contributed by atoms with Crippen LogP contribution in [0.1, 0.15) is 50.7 Å². The predicted molar refractivity (Wildman–Crippen MR) is 75.2 cm³/mol. The van der Waals surface area contributed by atoms with E-state index in [1.807, 2.05) is 6.07 Å². The van der Waals surface area contributed by atoms with E-state index in [1.54, 1.807) is 7.11 Å². The Kier molecular flexibility index (Phi) is 6.48. The molecule has 0 fully saturated rings. The van der Waals surface area contributed by atoms with Crippen LogP contribution in [0.2, 0.25) is 0 Å². The molecule has 0 spiro atoms. The first-order chi connectivity index (χ1) is 8.71. The molecule has 0 saturated heterocycles. The van der Waals surface area contributed by atoms with E-state index in [0.717, 1.165) is 37.9 Å². The Balaban J connectivity index is 2.53. The van der Waals surface area contributed by atoms with Crippen LogP contribution < -0.4 is 4.74 Å². The van der Waals surface area contributed by atoms with Crippen molar-refractivity contribution < 1.29 is 9.53 Å². The van der Waals surface area contributed by atoms with E-state index in [4.69, 9.17) is 4.74 Å². The van der Waals surface area contributed by atoms with Crippen molar-refractivity contribution in [2.24, 2.45) is 0 Å². The van der Waals surface area contributed by atoms with Gasteiger partial charge >= 0.3 is 0 Å². The van der Waals surface area contributed by atoms with Gasteiger partial charge in [0, 0.05) is 12.8 Å². The molecule has 0 aliphatic heterocycles. The summed E-state index contributed by atoms with van der Waals surface area (Å²) < 4.78 is 5.23. The largest absolute Gasteiger partial charge is 0.497 e. The molecule has 0 atom stereocenters. The van der Waals surface area contributed by atoms with E-state index in [1.165, 1.54) is 11.1 Å². The Hall–Kier alpha value is -1.31. The van der Waals surface area contributed by atoms with E-state index < -0.39 is 0 Å². The van der Waals surface area contributed by atoms with Gasteiger partial charge in [0.15, 0.2) is 0 Å². The number of carbonyl (C=O) groups is 1. The second kappa shape index (κ2) is 7.91. The number of ether oxygens (including phenoxy) is 1. The van der Waals surface area contributed by atoms with Crippen LogP contribution in [0, 0.1) is 0 Å². The normalized spacial score (nSPS) is 10.4. The third kappa shape index (κ3) is 4.52. The summed E-state index contributed by atoms with van der Waals surface area (Å²) in [4.78, 5) is 11.5. The molecule has 100 valence electrons. The molecule has 0 saturated carbocycles. The molecule has 2 nitrogen and oxygen atoms in total. The quantitative estimate of drug-likeness (QED) is 0.696. The number of carbonyl (C=O) groups excluding carboxylic acids is 1. The van der Waals surface area contributed by atoms with Crippen LogP contribution in [0.5, 0.6) is 5.75 Å². The summed E-state index contributed by atoms with van der Waals surface area (Å²) in [6.07, 6.45) is 5.35. The lowest BCUT2D eigenvalue weighted by atomic mass is 9.98. The van der Waals surface area contributed by atoms with Crippen molar-refractivity contribution >= 4 is 5.78 Å². The number of Topliss-reactive ketones (excluding diaryl/α,β-unsaturated/α-hetero) is 1. The molecule has 2 heteroatoms. The van der Waals surface area contributed by atoms with Gasteiger partial charge in [-0.3, -0.25) is 4.79 Å². The molecule has 0 amide bonds. The van der Waals surface area contributed by atoms with Crippen molar-refractivity contribution in [3.05, 3.63) is 29.3 Å². The molecule has 18 heavy (non-hydrogen) atoms. The lowest BCUT2D eigenvalue weighted by Crippen LogP contribution is -2.00. The number of ketones is 1. The van der Waals surface area contributed by atoms with E-state index in [2.05, 4.69) is 26.0 Å². The third-order valence-electron chi connectivity index (χ3n) is 3.22. The molecule has 0 radical (unpaired) electrons.